The van der Waals surface area contributed by atoms with Crippen molar-refractivity contribution >= 4 is 28.9 Å². The van der Waals surface area contributed by atoms with E-state index in [9.17, 15) is 9.59 Å². The number of oxime groups is 1. The van der Waals surface area contributed by atoms with E-state index in [0.717, 1.165) is 5.69 Å². The molecular formula is C14H13N5O3S. The molecule has 0 saturated carbocycles. The number of aromatic nitrogens is 2. The van der Waals surface area contributed by atoms with Gasteiger partial charge in [0.25, 0.3) is 11.8 Å². The maximum atomic E-state index is 12.1. The number of nitrogens with zero attached hydrogens (tertiary/aromatic N) is 3. The van der Waals surface area contributed by atoms with Crippen molar-refractivity contribution in [2.45, 2.75) is 12.5 Å². The summed E-state index contributed by atoms with van der Waals surface area (Å²) in [6.07, 6.45) is 1.56. The first-order valence-corrected chi connectivity index (χ1v) is 7.69. The first-order chi connectivity index (χ1) is 11.1. The third-order valence-electron chi connectivity index (χ3n) is 3.13. The smallest absolute Gasteiger partial charge is 0.270 e. The summed E-state index contributed by atoms with van der Waals surface area (Å²) in [6.45, 7) is 0.218. The summed E-state index contributed by atoms with van der Waals surface area (Å²) in [7, 11) is 0. The largest absolute Gasteiger partial charge is 0.390 e. The molecule has 0 fully saturated rings. The Hall–Kier alpha value is -2.81. The molecule has 0 unspecified atom stereocenters. The Morgan fingerprint density at radius 2 is 2.30 bits per heavy atom. The predicted octanol–water partition coefficient (Wildman–Crippen LogP) is 0.565. The minimum atomic E-state index is -0.613. The molecule has 2 aromatic heterocycles. The summed E-state index contributed by atoms with van der Waals surface area (Å²) in [5.74, 6) is -0.933. The highest BCUT2D eigenvalue weighted by atomic mass is 32.1. The van der Waals surface area contributed by atoms with Crippen LogP contribution in [0.15, 0.2) is 34.9 Å². The van der Waals surface area contributed by atoms with E-state index >= 15 is 0 Å². The van der Waals surface area contributed by atoms with E-state index in [-0.39, 0.29) is 24.6 Å². The van der Waals surface area contributed by atoms with Crippen molar-refractivity contribution in [3.05, 3.63) is 35.5 Å². The van der Waals surface area contributed by atoms with Gasteiger partial charge in [-0.15, -0.1) is 11.3 Å². The van der Waals surface area contributed by atoms with Crippen molar-refractivity contribution in [1.82, 2.24) is 15.3 Å². The molecule has 3 heterocycles. The summed E-state index contributed by atoms with van der Waals surface area (Å²) in [5.41, 5.74) is 6.32. The monoisotopic (exact) mass is 331 g/mol. The molecule has 1 atom stereocenters. The molecule has 8 nitrogen and oxygen atoms in total. The second-order valence-corrected chi connectivity index (χ2v) is 5.65. The SMILES string of the molecule is NC(=O)C1=NO[C@H](CNC(=O)c2csc(-c3ccccn3)n2)C1. The van der Waals surface area contributed by atoms with Gasteiger partial charge in [0.2, 0.25) is 0 Å². The van der Waals surface area contributed by atoms with Crippen LogP contribution in [0.4, 0.5) is 0 Å². The molecule has 1 aliphatic heterocycles. The van der Waals surface area contributed by atoms with Crippen LogP contribution in [0, 0.1) is 0 Å². The minimum Gasteiger partial charge on any atom is -0.390 e. The molecule has 23 heavy (non-hydrogen) atoms. The van der Waals surface area contributed by atoms with E-state index in [1.165, 1.54) is 11.3 Å². The van der Waals surface area contributed by atoms with Gasteiger partial charge in [-0.3, -0.25) is 14.6 Å². The summed E-state index contributed by atoms with van der Waals surface area (Å²) in [4.78, 5) is 36.5. The van der Waals surface area contributed by atoms with Gasteiger partial charge in [0, 0.05) is 18.0 Å². The number of rotatable bonds is 5. The topological polar surface area (TPSA) is 120 Å². The molecule has 3 rings (SSSR count). The van der Waals surface area contributed by atoms with Gasteiger partial charge in [0.15, 0.2) is 6.10 Å². The van der Waals surface area contributed by atoms with Crippen LogP contribution in [0.25, 0.3) is 10.7 Å². The fraction of sp³-hybridized carbons (Fsp3) is 0.214. The Morgan fingerprint density at radius 1 is 1.43 bits per heavy atom. The molecule has 3 N–H and O–H groups in total. The zero-order valence-corrected chi connectivity index (χ0v) is 12.7. The summed E-state index contributed by atoms with van der Waals surface area (Å²) >= 11 is 1.34. The number of carbonyl (C=O) groups excluding carboxylic acids is 2. The van der Waals surface area contributed by atoms with E-state index in [0.29, 0.717) is 10.7 Å². The summed E-state index contributed by atoms with van der Waals surface area (Å²) in [6, 6.07) is 5.50. The van der Waals surface area contributed by atoms with Gasteiger partial charge < -0.3 is 15.9 Å². The lowest BCUT2D eigenvalue weighted by Gasteiger charge is -2.08. The number of pyridine rings is 1. The molecule has 118 valence electrons. The maximum Gasteiger partial charge on any atom is 0.270 e. The van der Waals surface area contributed by atoms with Crippen molar-refractivity contribution < 1.29 is 14.4 Å². The summed E-state index contributed by atoms with van der Waals surface area (Å²) < 4.78 is 0. The molecule has 0 spiro atoms. The van der Waals surface area contributed by atoms with E-state index < -0.39 is 12.0 Å². The first kappa shape index (κ1) is 15.1. The van der Waals surface area contributed by atoms with Crippen LogP contribution in [0.3, 0.4) is 0 Å². The highest BCUT2D eigenvalue weighted by Crippen LogP contribution is 2.21. The van der Waals surface area contributed by atoms with Crippen LogP contribution >= 0.6 is 11.3 Å². The molecule has 2 amide bonds. The van der Waals surface area contributed by atoms with Gasteiger partial charge in [-0.2, -0.15) is 0 Å². The maximum absolute atomic E-state index is 12.1. The highest BCUT2D eigenvalue weighted by molar-refractivity contribution is 7.13. The Bertz CT molecular complexity index is 759. The van der Waals surface area contributed by atoms with E-state index in [1.807, 2.05) is 18.2 Å². The second kappa shape index (κ2) is 6.53. The fourth-order valence-electron chi connectivity index (χ4n) is 1.97. The average Bonchev–Trinajstić information content (AvgIpc) is 3.23. The van der Waals surface area contributed by atoms with Gasteiger partial charge in [-0.1, -0.05) is 11.2 Å². The molecule has 9 heteroatoms. The van der Waals surface area contributed by atoms with E-state index in [4.69, 9.17) is 10.6 Å². The number of hydrogen-bond acceptors (Lipinski definition) is 7. The van der Waals surface area contributed by atoms with Gasteiger partial charge in [0.1, 0.15) is 16.4 Å². The molecule has 0 saturated heterocycles. The lowest BCUT2D eigenvalue weighted by atomic mass is 10.2. The van der Waals surface area contributed by atoms with Crippen molar-refractivity contribution in [3.8, 4) is 10.7 Å². The standard InChI is InChI=1S/C14H13N5O3S/c15-12(20)10-5-8(22-19-10)6-17-13(21)11-7-23-14(18-11)9-3-1-2-4-16-9/h1-4,7-8H,5-6H2,(H2,15,20)(H,17,21)/t8-/m0/s1. The van der Waals surface area contributed by atoms with Crippen LogP contribution in [0.2, 0.25) is 0 Å². The molecule has 2 aromatic rings. The zero-order valence-electron chi connectivity index (χ0n) is 11.9. The Balaban J connectivity index is 1.56. The second-order valence-electron chi connectivity index (χ2n) is 4.80. The van der Waals surface area contributed by atoms with Crippen LogP contribution < -0.4 is 11.1 Å². The number of amides is 2. The van der Waals surface area contributed by atoms with Crippen LogP contribution in [0.1, 0.15) is 16.9 Å². The van der Waals surface area contributed by atoms with Crippen molar-refractivity contribution in [1.29, 1.82) is 0 Å². The molecule has 0 aromatic carbocycles. The third-order valence-corrected chi connectivity index (χ3v) is 3.99. The molecule has 0 aliphatic carbocycles. The Kier molecular flexibility index (Phi) is 4.29. The number of carbonyl (C=O) groups is 2. The molecule has 1 aliphatic rings. The normalized spacial score (nSPS) is 16.5. The van der Waals surface area contributed by atoms with Crippen LogP contribution in [-0.2, 0) is 9.63 Å². The quantitative estimate of drug-likeness (QED) is 0.830. The van der Waals surface area contributed by atoms with E-state index in [1.54, 1.807) is 11.6 Å². The Morgan fingerprint density at radius 3 is 3.00 bits per heavy atom. The third kappa shape index (κ3) is 3.51. The van der Waals surface area contributed by atoms with E-state index in [2.05, 4.69) is 20.4 Å². The van der Waals surface area contributed by atoms with Crippen LogP contribution in [0.5, 0.6) is 0 Å². The number of nitrogens with one attached hydrogen (secondary N) is 1. The predicted molar refractivity (Wildman–Crippen MR) is 83.8 cm³/mol. The van der Waals surface area contributed by atoms with Crippen molar-refractivity contribution in [2.75, 3.05) is 6.54 Å². The molecular weight excluding hydrogens is 318 g/mol. The number of hydrogen-bond donors (Lipinski definition) is 2. The fourth-order valence-corrected chi connectivity index (χ4v) is 2.74. The average molecular weight is 331 g/mol. The lowest BCUT2D eigenvalue weighted by molar-refractivity contribution is -0.112. The lowest BCUT2D eigenvalue weighted by Crippen LogP contribution is -2.33. The molecule has 0 radical (unpaired) electrons. The van der Waals surface area contributed by atoms with Gasteiger partial charge >= 0.3 is 0 Å². The number of primary amides is 1. The first-order valence-electron chi connectivity index (χ1n) is 6.81. The minimum absolute atomic E-state index is 0.176. The Labute approximate surface area is 135 Å². The number of nitrogens with two attached hydrogens (primary N) is 1. The van der Waals surface area contributed by atoms with Crippen LogP contribution in [-0.4, -0.2) is 40.1 Å². The van der Waals surface area contributed by atoms with Gasteiger partial charge in [-0.25, -0.2) is 4.98 Å². The zero-order chi connectivity index (χ0) is 16.2. The highest BCUT2D eigenvalue weighted by Gasteiger charge is 2.25. The van der Waals surface area contributed by atoms with Gasteiger partial charge in [0.05, 0.1) is 12.2 Å². The molecule has 0 bridgehead atoms. The van der Waals surface area contributed by atoms with Crippen molar-refractivity contribution in [2.24, 2.45) is 10.9 Å². The summed E-state index contributed by atoms with van der Waals surface area (Å²) in [5, 5.41) is 8.62. The van der Waals surface area contributed by atoms with Crippen molar-refractivity contribution in [3.63, 3.8) is 0 Å². The number of thiazole rings is 1. The van der Waals surface area contributed by atoms with Gasteiger partial charge in [-0.05, 0) is 12.1 Å².